The van der Waals surface area contributed by atoms with Crippen molar-refractivity contribution in [1.29, 1.82) is 0 Å². The molecule has 0 radical (unpaired) electrons. The van der Waals surface area contributed by atoms with Crippen molar-refractivity contribution in [2.24, 2.45) is 0 Å². The van der Waals surface area contributed by atoms with Gasteiger partial charge in [0, 0.05) is 71.4 Å². The van der Waals surface area contributed by atoms with Crippen LogP contribution in [0.3, 0.4) is 0 Å². The second kappa shape index (κ2) is 14.6. The van der Waals surface area contributed by atoms with Crippen LogP contribution in [0, 0.1) is 0 Å². The number of benzene rings is 2. The predicted molar refractivity (Wildman–Crippen MR) is 177 cm³/mol. The Labute approximate surface area is 276 Å². The molecule has 12 heteroatoms. The van der Waals surface area contributed by atoms with E-state index in [-0.39, 0.29) is 25.8 Å². The number of anilines is 1. The van der Waals surface area contributed by atoms with Gasteiger partial charge in [-0.2, -0.15) is 0 Å². The summed E-state index contributed by atoms with van der Waals surface area (Å²) in [5.41, 5.74) is 2.76. The molecule has 244 valence electrons. The Hall–Kier alpha value is -3.05. The van der Waals surface area contributed by atoms with E-state index in [0.717, 1.165) is 62.3 Å². The average molecular weight is 660 g/mol. The molecule has 0 spiro atoms. The van der Waals surface area contributed by atoms with Crippen molar-refractivity contribution in [2.75, 3.05) is 64.2 Å². The smallest absolute Gasteiger partial charge is 0.410 e. The Morgan fingerprint density at radius 2 is 1.60 bits per heavy atom. The molecule has 0 saturated carbocycles. The van der Waals surface area contributed by atoms with Crippen LogP contribution in [0.25, 0.3) is 0 Å². The number of carbonyl (C=O) groups excluding carboxylic acids is 3. The van der Waals surface area contributed by atoms with Gasteiger partial charge >= 0.3 is 12.1 Å². The molecule has 4 aliphatic heterocycles. The Morgan fingerprint density at radius 1 is 0.867 bits per heavy atom. The minimum Gasteiger partial charge on any atom is -0.436 e. The Morgan fingerprint density at radius 3 is 2.33 bits per heavy atom. The summed E-state index contributed by atoms with van der Waals surface area (Å²) < 4.78 is 5.99. The SMILES string of the molecule is O=C(O[C@H](Cc1ccc(Cl)c(Cl)c1)C(=O)N1CCN(C2CCNCC2)CC1)N1CCC(N2CCc3ccccc3NC2=O)CC1.[HH]. The molecule has 0 unspecified atom stereocenters. The zero-order chi connectivity index (χ0) is 31.3. The summed E-state index contributed by atoms with van der Waals surface area (Å²) in [6.07, 6.45) is 3.03. The van der Waals surface area contributed by atoms with Crippen molar-refractivity contribution in [3.05, 3.63) is 63.6 Å². The van der Waals surface area contributed by atoms with Gasteiger partial charge in [-0.1, -0.05) is 47.5 Å². The fraction of sp³-hybridized carbons (Fsp3) is 0.545. The number of carbonyl (C=O) groups is 3. The number of ether oxygens (including phenoxy) is 1. The molecule has 3 saturated heterocycles. The van der Waals surface area contributed by atoms with E-state index in [1.165, 1.54) is 0 Å². The molecule has 4 aliphatic rings. The molecule has 0 aromatic heterocycles. The number of fused-ring (bicyclic) bond motifs is 1. The van der Waals surface area contributed by atoms with E-state index in [9.17, 15) is 14.4 Å². The number of halogens is 2. The number of hydrogen-bond donors (Lipinski definition) is 2. The first-order chi connectivity index (χ1) is 21.9. The van der Waals surface area contributed by atoms with E-state index in [4.69, 9.17) is 27.9 Å². The monoisotopic (exact) mass is 658 g/mol. The van der Waals surface area contributed by atoms with Crippen LogP contribution >= 0.6 is 23.2 Å². The zero-order valence-corrected chi connectivity index (χ0v) is 27.1. The molecule has 6 rings (SSSR count). The number of urea groups is 1. The molecule has 3 fully saturated rings. The fourth-order valence-corrected chi connectivity index (χ4v) is 7.36. The van der Waals surface area contributed by atoms with E-state index >= 15 is 0 Å². The average Bonchev–Trinajstić information content (AvgIpc) is 3.24. The van der Waals surface area contributed by atoms with Crippen LogP contribution in [0.2, 0.25) is 10.0 Å². The highest BCUT2D eigenvalue weighted by Gasteiger charge is 2.36. The highest BCUT2D eigenvalue weighted by Crippen LogP contribution is 2.27. The Kier molecular flexibility index (Phi) is 10.3. The summed E-state index contributed by atoms with van der Waals surface area (Å²) in [6, 6.07) is 13.6. The second-order valence-corrected chi connectivity index (χ2v) is 13.2. The maximum atomic E-state index is 13.9. The van der Waals surface area contributed by atoms with E-state index in [0.29, 0.717) is 61.7 Å². The number of hydrogen-bond acceptors (Lipinski definition) is 6. The summed E-state index contributed by atoms with van der Waals surface area (Å²) in [6.45, 7) is 6.41. The van der Waals surface area contributed by atoms with Gasteiger partial charge in [-0.15, -0.1) is 0 Å². The van der Waals surface area contributed by atoms with Crippen LogP contribution in [-0.2, 0) is 22.4 Å². The number of nitrogens with zero attached hydrogens (tertiary/aromatic N) is 4. The number of piperidine rings is 2. The molecule has 1 atom stereocenters. The maximum Gasteiger partial charge on any atom is 0.410 e. The standard InChI is InChI=1S/C33H42Cl2N6O4.H2/c34-27-6-5-23(21-28(27)35)22-30(31(42)39-19-17-38(18-20-39)25-7-12-36-13-8-25)45-33(44)40-14-10-26(11-15-40)41-16-9-24-3-1-2-4-29(24)37-32(41)43;/h1-6,21,25-26,30,36H,7-20,22H2,(H,37,43);1H/t30-;/m1./s1. The minimum atomic E-state index is -0.979. The van der Waals surface area contributed by atoms with Crippen molar-refractivity contribution >= 4 is 46.9 Å². The Bertz CT molecular complexity index is 1380. The lowest BCUT2D eigenvalue weighted by Gasteiger charge is -2.41. The van der Waals surface area contributed by atoms with Crippen LogP contribution < -0.4 is 10.6 Å². The van der Waals surface area contributed by atoms with Gasteiger partial charge < -0.3 is 30.1 Å². The predicted octanol–water partition coefficient (Wildman–Crippen LogP) is 4.74. The number of amides is 4. The van der Waals surface area contributed by atoms with Crippen molar-refractivity contribution in [2.45, 2.75) is 56.7 Å². The van der Waals surface area contributed by atoms with Crippen molar-refractivity contribution in [3.8, 4) is 0 Å². The number of nitrogens with one attached hydrogen (secondary N) is 2. The van der Waals surface area contributed by atoms with Crippen LogP contribution in [0.4, 0.5) is 15.3 Å². The highest BCUT2D eigenvalue weighted by atomic mass is 35.5. The first-order valence-electron chi connectivity index (χ1n) is 16.1. The largest absolute Gasteiger partial charge is 0.436 e. The third-order valence-electron chi connectivity index (χ3n) is 9.68. The van der Waals surface area contributed by atoms with Gasteiger partial charge in [0.25, 0.3) is 5.91 Å². The van der Waals surface area contributed by atoms with E-state index < -0.39 is 12.2 Å². The Balaban J connectivity index is 0.00000417. The zero-order valence-electron chi connectivity index (χ0n) is 25.6. The molecular formula is C33H44Cl2N6O4. The van der Waals surface area contributed by atoms with Gasteiger partial charge in [0.1, 0.15) is 0 Å². The topological polar surface area (TPSA) is 97.5 Å². The molecule has 0 bridgehead atoms. The third-order valence-corrected chi connectivity index (χ3v) is 10.4. The molecule has 0 aliphatic carbocycles. The van der Waals surface area contributed by atoms with Crippen molar-refractivity contribution in [3.63, 3.8) is 0 Å². The van der Waals surface area contributed by atoms with Gasteiger partial charge in [0.2, 0.25) is 0 Å². The van der Waals surface area contributed by atoms with Crippen molar-refractivity contribution in [1.82, 2.24) is 24.9 Å². The van der Waals surface area contributed by atoms with Gasteiger partial charge in [0.15, 0.2) is 6.10 Å². The van der Waals surface area contributed by atoms with Crippen LogP contribution in [0.1, 0.15) is 38.2 Å². The number of rotatable bonds is 6. The lowest BCUT2D eigenvalue weighted by atomic mass is 10.0. The lowest BCUT2D eigenvalue weighted by molar-refractivity contribution is -0.143. The van der Waals surface area contributed by atoms with Crippen molar-refractivity contribution < 1.29 is 20.5 Å². The fourth-order valence-electron chi connectivity index (χ4n) is 7.04. The maximum absolute atomic E-state index is 13.9. The summed E-state index contributed by atoms with van der Waals surface area (Å²) in [5, 5.41) is 7.28. The number of para-hydroxylation sites is 1. The molecular weight excluding hydrogens is 615 g/mol. The lowest BCUT2D eigenvalue weighted by Crippen LogP contribution is -2.56. The molecule has 2 aromatic rings. The quantitative estimate of drug-likeness (QED) is 0.466. The summed E-state index contributed by atoms with van der Waals surface area (Å²) in [7, 11) is 0. The van der Waals surface area contributed by atoms with Crippen LogP contribution in [0.15, 0.2) is 42.5 Å². The summed E-state index contributed by atoms with van der Waals surface area (Å²) in [4.78, 5) is 48.3. The molecule has 4 amide bonds. The molecule has 4 heterocycles. The highest BCUT2D eigenvalue weighted by molar-refractivity contribution is 6.42. The van der Waals surface area contributed by atoms with Crippen LogP contribution in [0.5, 0.6) is 0 Å². The molecule has 45 heavy (non-hydrogen) atoms. The van der Waals surface area contributed by atoms with Gasteiger partial charge in [-0.05, 0) is 74.5 Å². The summed E-state index contributed by atoms with van der Waals surface area (Å²) in [5.74, 6) is -0.185. The van der Waals surface area contributed by atoms with E-state index in [1.807, 2.05) is 40.1 Å². The van der Waals surface area contributed by atoms with Gasteiger partial charge in [0.05, 0.1) is 10.0 Å². The van der Waals surface area contributed by atoms with Gasteiger partial charge in [-0.25, -0.2) is 9.59 Å². The molecule has 2 N–H and O–H groups in total. The normalized spacial score (nSPS) is 21.1. The van der Waals surface area contributed by atoms with Crippen LogP contribution in [-0.4, -0.2) is 115 Å². The number of likely N-dealkylation sites (tertiary alicyclic amines) is 1. The number of piperazine rings is 1. The minimum absolute atomic E-state index is 0. The summed E-state index contributed by atoms with van der Waals surface area (Å²) >= 11 is 12.4. The second-order valence-electron chi connectivity index (χ2n) is 12.4. The van der Waals surface area contributed by atoms with E-state index in [1.54, 1.807) is 17.0 Å². The third kappa shape index (κ3) is 7.68. The first kappa shape index (κ1) is 31.9. The van der Waals surface area contributed by atoms with Gasteiger partial charge in [-0.3, -0.25) is 9.69 Å². The first-order valence-corrected chi connectivity index (χ1v) is 16.9. The molecule has 2 aromatic carbocycles. The van der Waals surface area contributed by atoms with E-state index in [2.05, 4.69) is 15.5 Å². The molecule has 10 nitrogen and oxygen atoms in total.